The van der Waals surface area contributed by atoms with E-state index in [-0.39, 0.29) is 23.1 Å². The van der Waals surface area contributed by atoms with Crippen molar-refractivity contribution in [2.24, 2.45) is 5.41 Å². The van der Waals surface area contributed by atoms with Crippen molar-refractivity contribution in [3.05, 3.63) is 57.6 Å². The number of nitrogens with zero attached hydrogens (tertiary/aromatic N) is 2. The number of allylic oxidation sites excluding steroid dienone is 2. The summed E-state index contributed by atoms with van der Waals surface area (Å²) in [5, 5.41) is 7.75. The third-order valence-corrected chi connectivity index (χ3v) is 5.25. The Morgan fingerprint density at radius 1 is 1.33 bits per heavy atom. The molecule has 2 heterocycles. The zero-order valence-corrected chi connectivity index (χ0v) is 15.0. The summed E-state index contributed by atoms with van der Waals surface area (Å²) in [6.07, 6.45) is 3.02. The van der Waals surface area contributed by atoms with Gasteiger partial charge in [0, 0.05) is 23.8 Å². The lowest BCUT2D eigenvalue weighted by Gasteiger charge is -2.38. The van der Waals surface area contributed by atoms with Gasteiger partial charge in [0.15, 0.2) is 5.78 Å². The lowest BCUT2D eigenvalue weighted by atomic mass is 9.73. The van der Waals surface area contributed by atoms with Crippen molar-refractivity contribution in [2.45, 2.75) is 32.7 Å². The van der Waals surface area contributed by atoms with Crippen molar-refractivity contribution in [1.82, 2.24) is 9.78 Å². The number of benzene rings is 1. The highest BCUT2D eigenvalue weighted by Crippen LogP contribution is 2.45. The molecular formula is C18H17BrFN3O. The zero-order valence-electron chi connectivity index (χ0n) is 13.4. The minimum Gasteiger partial charge on any atom is -0.343 e. The molecule has 0 radical (unpaired) electrons. The highest BCUT2D eigenvalue weighted by molar-refractivity contribution is 9.10. The minimum atomic E-state index is -0.327. The van der Waals surface area contributed by atoms with Crippen molar-refractivity contribution in [3.8, 4) is 0 Å². The number of rotatable bonds is 1. The maximum absolute atomic E-state index is 13.7. The highest BCUT2D eigenvalue weighted by atomic mass is 79.9. The Balaban J connectivity index is 1.91. The minimum absolute atomic E-state index is 0.0704. The lowest BCUT2D eigenvalue weighted by molar-refractivity contribution is -0.118. The molecule has 0 saturated carbocycles. The van der Waals surface area contributed by atoms with Crippen LogP contribution in [0.1, 0.15) is 38.3 Å². The SMILES string of the molecule is CC1(C)CC(=O)C2=C(C1)Nc1ccnn1C2c1ccc(F)c(Br)c1. The van der Waals surface area contributed by atoms with E-state index in [4.69, 9.17) is 0 Å². The van der Waals surface area contributed by atoms with Crippen LogP contribution in [0, 0.1) is 11.2 Å². The van der Waals surface area contributed by atoms with Gasteiger partial charge in [-0.05, 0) is 45.5 Å². The Bertz CT molecular complexity index is 884. The van der Waals surface area contributed by atoms with Gasteiger partial charge in [0.25, 0.3) is 0 Å². The summed E-state index contributed by atoms with van der Waals surface area (Å²) in [6, 6.07) is 6.43. The van der Waals surface area contributed by atoms with E-state index in [1.165, 1.54) is 6.07 Å². The second-order valence-corrected chi connectivity index (χ2v) is 8.05. The van der Waals surface area contributed by atoms with Crippen LogP contribution in [0.4, 0.5) is 10.2 Å². The molecule has 1 aromatic carbocycles. The predicted octanol–water partition coefficient (Wildman–Crippen LogP) is 4.44. The number of hydrogen-bond donors (Lipinski definition) is 1. The van der Waals surface area contributed by atoms with Crippen molar-refractivity contribution in [3.63, 3.8) is 0 Å². The molecule has 1 unspecified atom stereocenters. The third kappa shape index (κ3) is 2.40. The van der Waals surface area contributed by atoms with E-state index in [0.717, 1.165) is 29.1 Å². The fourth-order valence-electron chi connectivity index (χ4n) is 3.65. The molecule has 2 aromatic rings. The highest BCUT2D eigenvalue weighted by Gasteiger charge is 2.40. The van der Waals surface area contributed by atoms with Gasteiger partial charge in [-0.2, -0.15) is 5.10 Å². The summed E-state index contributed by atoms with van der Waals surface area (Å²) in [5.41, 5.74) is 2.47. The van der Waals surface area contributed by atoms with E-state index in [0.29, 0.717) is 10.9 Å². The summed E-state index contributed by atoms with van der Waals surface area (Å²) in [5.74, 6) is 0.656. The van der Waals surface area contributed by atoms with Gasteiger partial charge in [-0.3, -0.25) is 4.79 Å². The largest absolute Gasteiger partial charge is 0.343 e. The van der Waals surface area contributed by atoms with E-state index >= 15 is 0 Å². The fraction of sp³-hybridized carbons (Fsp3) is 0.333. The average Bonchev–Trinajstić information content (AvgIpc) is 2.94. The van der Waals surface area contributed by atoms with Gasteiger partial charge in [-0.1, -0.05) is 19.9 Å². The van der Waals surface area contributed by atoms with Crippen LogP contribution < -0.4 is 5.32 Å². The first-order valence-corrected chi connectivity index (χ1v) is 8.67. The van der Waals surface area contributed by atoms with Crippen LogP contribution >= 0.6 is 15.9 Å². The number of hydrogen-bond acceptors (Lipinski definition) is 3. The molecule has 6 heteroatoms. The fourth-order valence-corrected chi connectivity index (χ4v) is 4.05. The van der Waals surface area contributed by atoms with Crippen LogP contribution in [0.3, 0.4) is 0 Å². The molecule has 0 amide bonds. The van der Waals surface area contributed by atoms with Crippen LogP contribution in [0.5, 0.6) is 0 Å². The first-order chi connectivity index (χ1) is 11.4. The van der Waals surface area contributed by atoms with E-state index in [1.807, 2.05) is 6.07 Å². The molecule has 0 fully saturated rings. The summed E-state index contributed by atoms with van der Waals surface area (Å²) >= 11 is 3.24. The molecule has 1 aliphatic carbocycles. The van der Waals surface area contributed by atoms with Gasteiger partial charge >= 0.3 is 0 Å². The number of Topliss-reactive ketones (excluding diaryl/α,β-unsaturated/α-hetero) is 1. The number of ketones is 1. The van der Waals surface area contributed by atoms with E-state index in [1.54, 1.807) is 23.0 Å². The predicted molar refractivity (Wildman–Crippen MR) is 93.1 cm³/mol. The Labute approximate surface area is 147 Å². The molecule has 4 rings (SSSR count). The summed E-state index contributed by atoms with van der Waals surface area (Å²) in [4.78, 5) is 12.9. The van der Waals surface area contributed by atoms with Crippen LogP contribution in [0.2, 0.25) is 0 Å². The summed E-state index contributed by atoms with van der Waals surface area (Å²) in [6.45, 7) is 4.21. The monoisotopic (exact) mass is 389 g/mol. The quantitative estimate of drug-likeness (QED) is 0.783. The molecule has 0 spiro atoms. The Kier molecular flexibility index (Phi) is 3.42. The maximum atomic E-state index is 13.7. The van der Waals surface area contributed by atoms with E-state index in [2.05, 4.69) is 40.2 Å². The van der Waals surface area contributed by atoms with Crippen LogP contribution in [-0.4, -0.2) is 15.6 Å². The summed E-state index contributed by atoms with van der Waals surface area (Å²) in [7, 11) is 0. The first-order valence-electron chi connectivity index (χ1n) is 7.87. The van der Waals surface area contributed by atoms with Crippen molar-refractivity contribution < 1.29 is 9.18 Å². The maximum Gasteiger partial charge on any atom is 0.163 e. The number of anilines is 1. The topological polar surface area (TPSA) is 46.9 Å². The molecular weight excluding hydrogens is 373 g/mol. The molecule has 0 bridgehead atoms. The molecule has 2 aliphatic rings. The van der Waals surface area contributed by atoms with Gasteiger partial charge in [-0.25, -0.2) is 9.07 Å². The molecule has 1 aliphatic heterocycles. The molecule has 4 nitrogen and oxygen atoms in total. The zero-order chi connectivity index (χ0) is 17.1. The number of halogens is 2. The van der Waals surface area contributed by atoms with Gasteiger partial charge in [0.1, 0.15) is 17.7 Å². The van der Waals surface area contributed by atoms with E-state index in [9.17, 15) is 9.18 Å². The second-order valence-electron chi connectivity index (χ2n) is 7.20. The van der Waals surface area contributed by atoms with Crippen LogP contribution in [0.25, 0.3) is 0 Å². The lowest BCUT2D eigenvalue weighted by Crippen LogP contribution is -2.36. The number of fused-ring (bicyclic) bond motifs is 1. The van der Waals surface area contributed by atoms with E-state index < -0.39 is 0 Å². The Morgan fingerprint density at radius 2 is 2.12 bits per heavy atom. The van der Waals surface area contributed by atoms with Crippen LogP contribution in [-0.2, 0) is 4.79 Å². The molecule has 1 N–H and O–H groups in total. The smallest absolute Gasteiger partial charge is 0.163 e. The summed E-state index contributed by atoms with van der Waals surface area (Å²) < 4.78 is 15.8. The van der Waals surface area contributed by atoms with Crippen molar-refractivity contribution in [2.75, 3.05) is 5.32 Å². The second kappa shape index (κ2) is 5.28. The first kappa shape index (κ1) is 15.6. The molecule has 1 atom stereocenters. The number of carbonyl (C=O) groups is 1. The molecule has 1 aromatic heterocycles. The van der Waals surface area contributed by atoms with Gasteiger partial charge in [0.2, 0.25) is 0 Å². The van der Waals surface area contributed by atoms with Crippen molar-refractivity contribution in [1.29, 1.82) is 0 Å². The number of aromatic nitrogens is 2. The van der Waals surface area contributed by atoms with Crippen LogP contribution in [0.15, 0.2) is 46.2 Å². The number of nitrogens with one attached hydrogen (secondary N) is 1. The standard InChI is InChI=1S/C18H17BrFN3O/c1-18(2)8-13-16(14(24)9-18)17(23-15(22-13)5-6-21-23)10-3-4-12(20)11(19)7-10/h3-7,17,22H,8-9H2,1-2H3. The number of carbonyl (C=O) groups excluding carboxylic acids is 1. The Hall–Kier alpha value is -1.95. The molecule has 24 heavy (non-hydrogen) atoms. The van der Waals surface area contributed by atoms with Gasteiger partial charge in [-0.15, -0.1) is 0 Å². The average molecular weight is 390 g/mol. The Morgan fingerprint density at radius 3 is 2.88 bits per heavy atom. The molecule has 0 saturated heterocycles. The molecule has 124 valence electrons. The third-order valence-electron chi connectivity index (χ3n) is 4.65. The van der Waals surface area contributed by atoms with Gasteiger partial charge in [0.05, 0.1) is 10.7 Å². The van der Waals surface area contributed by atoms with Gasteiger partial charge < -0.3 is 5.32 Å². The van der Waals surface area contributed by atoms with Crippen molar-refractivity contribution >= 4 is 27.5 Å². The normalized spacial score (nSPS) is 22.0.